The fourth-order valence-electron chi connectivity index (χ4n) is 4.55. The van der Waals surface area contributed by atoms with Crippen molar-refractivity contribution >= 4 is 34.7 Å². The van der Waals surface area contributed by atoms with E-state index in [-0.39, 0.29) is 23.1 Å². The molecule has 0 bridgehead atoms. The molecule has 168 valence electrons. The summed E-state index contributed by atoms with van der Waals surface area (Å²) in [7, 11) is 1.60. The van der Waals surface area contributed by atoms with Gasteiger partial charge in [0.1, 0.15) is 5.75 Å². The molecule has 0 radical (unpaired) electrons. The quantitative estimate of drug-likeness (QED) is 0.516. The second-order valence-corrected chi connectivity index (χ2v) is 8.36. The Morgan fingerprint density at radius 2 is 1.94 bits per heavy atom. The predicted molar refractivity (Wildman–Crippen MR) is 126 cm³/mol. The highest BCUT2D eigenvalue weighted by atomic mass is 19.1. The summed E-state index contributed by atoms with van der Waals surface area (Å²) in [5.41, 5.74) is 3.42. The molecular weight excluding hydrogens is 421 g/mol. The Hall–Kier alpha value is -3.94. The summed E-state index contributed by atoms with van der Waals surface area (Å²) >= 11 is 0. The third kappa shape index (κ3) is 3.77. The number of benzene rings is 2. The summed E-state index contributed by atoms with van der Waals surface area (Å²) in [5.74, 6) is 0.315. The Morgan fingerprint density at radius 3 is 2.61 bits per heavy atom. The highest BCUT2D eigenvalue weighted by Gasteiger charge is 2.48. The van der Waals surface area contributed by atoms with Crippen LogP contribution in [0.3, 0.4) is 0 Å². The molecule has 1 fully saturated rings. The molecule has 2 aromatic carbocycles. The minimum atomic E-state index is -0.578. The molecule has 3 aromatic rings. The maximum Gasteiger partial charge on any atom is 0.250 e. The summed E-state index contributed by atoms with van der Waals surface area (Å²) in [6.07, 6.45) is 5.74. The Morgan fingerprint density at radius 1 is 1.18 bits per heavy atom. The summed E-state index contributed by atoms with van der Waals surface area (Å²) in [6.45, 7) is 4.30. The highest BCUT2D eigenvalue weighted by molar-refractivity contribution is 6.03. The van der Waals surface area contributed by atoms with Gasteiger partial charge < -0.3 is 20.3 Å². The molecule has 1 aliphatic heterocycles. The zero-order valence-corrected chi connectivity index (χ0v) is 18.3. The normalized spacial score (nSPS) is 15.5. The van der Waals surface area contributed by atoms with Gasteiger partial charge in [0.05, 0.1) is 13.3 Å². The van der Waals surface area contributed by atoms with Gasteiger partial charge in [-0.25, -0.2) is 9.37 Å². The van der Waals surface area contributed by atoms with Crippen LogP contribution in [0.5, 0.6) is 5.75 Å². The number of carbonyl (C=O) groups is 1. The van der Waals surface area contributed by atoms with Crippen LogP contribution in [-0.2, 0) is 10.2 Å². The largest absolute Gasteiger partial charge is 0.497 e. The first kappa shape index (κ1) is 20.9. The Labute approximate surface area is 191 Å². The van der Waals surface area contributed by atoms with Gasteiger partial charge in [-0.1, -0.05) is 19.1 Å². The lowest BCUT2D eigenvalue weighted by atomic mass is 9.66. The minimum Gasteiger partial charge on any atom is -0.497 e. The Kier molecular flexibility index (Phi) is 5.20. The standard InChI is InChI=1S/C25H24FN5O2/c1-3-22(32)31-15-25(11-4-12-25)19-10-7-17(13-21(19)31)28-23-20(26)14-27-24(30-23)29-16-5-8-18(33-2)9-6-16/h3,5-10,13-14H,1,4,11-12,15H2,2H3,(H2,27,28,29,30). The molecule has 2 aliphatic rings. The Bertz CT molecular complexity index is 1220. The summed E-state index contributed by atoms with van der Waals surface area (Å²) in [6, 6.07) is 13.1. The van der Waals surface area contributed by atoms with Gasteiger partial charge in [0.15, 0.2) is 11.6 Å². The molecule has 1 saturated carbocycles. The van der Waals surface area contributed by atoms with E-state index in [9.17, 15) is 9.18 Å². The van der Waals surface area contributed by atoms with E-state index in [1.807, 2.05) is 30.3 Å². The lowest BCUT2D eigenvalue weighted by molar-refractivity contribution is -0.114. The zero-order chi connectivity index (χ0) is 23.0. The van der Waals surface area contributed by atoms with Crippen molar-refractivity contribution in [3.8, 4) is 5.75 Å². The van der Waals surface area contributed by atoms with E-state index in [1.165, 1.54) is 11.6 Å². The maximum absolute atomic E-state index is 14.5. The molecule has 2 heterocycles. The number of ether oxygens (including phenoxy) is 1. The average molecular weight is 445 g/mol. The molecule has 1 aliphatic carbocycles. The highest BCUT2D eigenvalue weighted by Crippen LogP contribution is 2.53. The number of methoxy groups -OCH3 is 1. The van der Waals surface area contributed by atoms with Crippen LogP contribution in [0.15, 0.2) is 61.3 Å². The number of carbonyl (C=O) groups excluding carboxylic acids is 1. The molecule has 5 rings (SSSR count). The van der Waals surface area contributed by atoms with Gasteiger partial charge in [-0.15, -0.1) is 0 Å². The van der Waals surface area contributed by atoms with Crippen molar-refractivity contribution in [3.05, 3.63) is 72.7 Å². The van der Waals surface area contributed by atoms with Gasteiger partial charge in [-0.3, -0.25) is 4.79 Å². The van der Waals surface area contributed by atoms with Crippen molar-refractivity contribution in [2.45, 2.75) is 24.7 Å². The molecule has 7 nitrogen and oxygen atoms in total. The molecule has 0 unspecified atom stereocenters. The first-order valence-electron chi connectivity index (χ1n) is 10.8. The van der Waals surface area contributed by atoms with Gasteiger partial charge in [-0.2, -0.15) is 4.98 Å². The monoisotopic (exact) mass is 445 g/mol. The van der Waals surface area contributed by atoms with Crippen LogP contribution < -0.4 is 20.3 Å². The van der Waals surface area contributed by atoms with Gasteiger partial charge in [0, 0.05) is 29.0 Å². The van der Waals surface area contributed by atoms with Crippen molar-refractivity contribution in [2.24, 2.45) is 0 Å². The van der Waals surface area contributed by atoms with E-state index in [1.54, 1.807) is 24.1 Å². The van der Waals surface area contributed by atoms with Crippen LogP contribution in [0.1, 0.15) is 24.8 Å². The minimum absolute atomic E-state index is 0.0299. The number of anilines is 5. The SMILES string of the molecule is C=CC(=O)N1CC2(CCC2)c2ccc(Nc3nc(Nc4ccc(OC)cc4)ncc3F)cc21. The number of hydrogen-bond donors (Lipinski definition) is 2. The number of nitrogens with zero attached hydrogens (tertiary/aromatic N) is 3. The summed E-state index contributed by atoms with van der Waals surface area (Å²) < 4.78 is 19.7. The average Bonchev–Trinajstić information content (AvgIpc) is 3.17. The van der Waals surface area contributed by atoms with Crippen molar-refractivity contribution in [3.63, 3.8) is 0 Å². The fraction of sp³-hybridized carbons (Fsp3) is 0.240. The van der Waals surface area contributed by atoms with Crippen molar-refractivity contribution < 1.29 is 13.9 Å². The first-order chi connectivity index (χ1) is 16.0. The lowest BCUT2D eigenvalue weighted by Crippen LogP contribution is -2.40. The molecule has 33 heavy (non-hydrogen) atoms. The number of aromatic nitrogens is 2. The van der Waals surface area contributed by atoms with E-state index in [2.05, 4.69) is 27.2 Å². The third-order valence-corrected chi connectivity index (χ3v) is 6.42. The molecule has 8 heteroatoms. The van der Waals surface area contributed by atoms with Crippen LogP contribution in [-0.4, -0.2) is 29.5 Å². The molecular formula is C25H24FN5O2. The predicted octanol–water partition coefficient (Wildman–Crippen LogP) is 5.07. The molecule has 0 atom stereocenters. The van der Waals surface area contributed by atoms with E-state index in [0.29, 0.717) is 12.2 Å². The number of halogens is 1. The second kappa shape index (κ2) is 8.20. The topological polar surface area (TPSA) is 79.4 Å². The van der Waals surface area contributed by atoms with Crippen molar-refractivity contribution in [2.75, 3.05) is 29.2 Å². The first-order valence-corrected chi connectivity index (χ1v) is 10.8. The van der Waals surface area contributed by atoms with E-state index in [0.717, 1.165) is 42.6 Å². The van der Waals surface area contributed by atoms with Crippen LogP contribution in [0.2, 0.25) is 0 Å². The summed E-state index contributed by atoms with van der Waals surface area (Å²) in [4.78, 5) is 22.6. The van der Waals surface area contributed by atoms with Crippen molar-refractivity contribution in [1.29, 1.82) is 0 Å². The smallest absolute Gasteiger partial charge is 0.250 e. The van der Waals surface area contributed by atoms with Crippen LogP contribution >= 0.6 is 0 Å². The lowest BCUT2D eigenvalue weighted by Gasteiger charge is -2.38. The number of amides is 1. The maximum atomic E-state index is 14.5. The zero-order valence-electron chi connectivity index (χ0n) is 18.3. The molecule has 1 aromatic heterocycles. The molecule has 1 spiro atoms. The number of nitrogens with one attached hydrogen (secondary N) is 2. The van der Waals surface area contributed by atoms with Crippen LogP contribution in [0.25, 0.3) is 0 Å². The van der Waals surface area contributed by atoms with Gasteiger partial charge >= 0.3 is 0 Å². The fourth-order valence-corrected chi connectivity index (χ4v) is 4.55. The molecule has 2 N–H and O–H groups in total. The third-order valence-electron chi connectivity index (χ3n) is 6.42. The molecule has 0 saturated heterocycles. The number of hydrogen-bond acceptors (Lipinski definition) is 6. The summed E-state index contributed by atoms with van der Waals surface area (Å²) in [5, 5.41) is 6.09. The van der Waals surface area contributed by atoms with Crippen molar-refractivity contribution in [1.82, 2.24) is 9.97 Å². The number of rotatable bonds is 6. The van der Waals surface area contributed by atoms with Crippen LogP contribution in [0, 0.1) is 5.82 Å². The van der Waals surface area contributed by atoms with Crippen LogP contribution in [0.4, 0.5) is 33.2 Å². The molecule has 1 amide bonds. The van der Waals surface area contributed by atoms with Gasteiger partial charge in [0.2, 0.25) is 11.9 Å². The second-order valence-electron chi connectivity index (χ2n) is 8.36. The van der Waals surface area contributed by atoms with Gasteiger partial charge in [0.25, 0.3) is 0 Å². The van der Waals surface area contributed by atoms with E-state index < -0.39 is 5.82 Å². The van der Waals surface area contributed by atoms with E-state index in [4.69, 9.17) is 4.74 Å². The Balaban J connectivity index is 1.41. The van der Waals surface area contributed by atoms with E-state index >= 15 is 0 Å². The number of fused-ring (bicyclic) bond motifs is 2. The van der Waals surface area contributed by atoms with Gasteiger partial charge in [-0.05, 0) is 60.9 Å².